The summed E-state index contributed by atoms with van der Waals surface area (Å²) in [4.78, 5) is 2.15. The first-order valence-corrected chi connectivity index (χ1v) is 6.82. The molecule has 1 aliphatic rings. The van der Waals surface area contributed by atoms with Crippen molar-refractivity contribution < 1.29 is 8.42 Å². The quantitative estimate of drug-likeness (QED) is 0.676. The zero-order valence-corrected chi connectivity index (χ0v) is 10.2. The fraction of sp³-hybridized carbons (Fsp3) is 1.00. The van der Waals surface area contributed by atoms with Crippen molar-refractivity contribution in [2.75, 3.05) is 32.4 Å². The molecule has 0 N–H and O–H groups in total. The van der Waals surface area contributed by atoms with Gasteiger partial charge in [-0.15, -0.1) is 11.6 Å². The maximum Gasteiger partial charge on any atom is 0.228 e. The highest BCUT2D eigenvalue weighted by molar-refractivity contribution is 7.90. The van der Waals surface area contributed by atoms with Crippen molar-refractivity contribution in [3.8, 4) is 0 Å². The Hall–Kier alpha value is 0.160. The maximum atomic E-state index is 11.5. The Morgan fingerprint density at radius 3 is 2.71 bits per heavy atom. The highest BCUT2D eigenvalue weighted by Crippen LogP contribution is 2.16. The van der Waals surface area contributed by atoms with E-state index in [1.165, 1.54) is 4.31 Å². The molecule has 1 saturated heterocycles. The number of likely N-dealkylation sites (tertiary alicyclic amines) is 1. The first-order valence-electron chi connectivity index (χ1n) is 4.67. The number of hydrogen-bond donors (Lipinski definition) is 0. The van der Waals surface area contributed by atoms with E-state index in [-0.39, 0.29) is 11.3 Å². The van der Waals surface area contributed by atoms with Crippen LogP contribution in [0.25, 0.3) is 0 Å². The SMILES string of the molecule is CN1CCCC(N(C)S(=O)(=O)CCl)C1. The van der Waals surface area contributed by atoms with Gasteiger partial charge in [0.15, 0.2) is 0 Å². The highest BCUT2D eigenvalue weighted by atomic mass is 35.5. The minimum Gasteiger partial charge on any atom is -0.305 e. The van der Waals surface area contributed by atoms with E-state index in [1.54, 1.807) is 7.05 Å². The Morgan fingerprint density at radius 2 is 2.21 bits per heavy atom. The summed E-state index contributed by atoms with van der Waals surface area (Å²) >= 11 is 5.40. The molecule has 0 saturated carbocycles. The van der Waals surface area contributed by atoms with Gasteiger partial charge in [-0.1, -0.05) is 0 Å². The van der Waals surface area contributed by atoms with Crippen LogP contribution in [0.5, 0.6) is 0 Å². The lowest BCUT2D eigenvalue weighted by atomic mass is 10.1. The molecule has 1 atom stereocenters. The molecular formula is C8H17ClN2O2S. The molecule has 6 heteroatoms. The van der Waals surface area contributed by atoms with Crippen molar-refractivity contribution in [1.29, 1.82) is 0 Å². The zero-order valence-electron chi connectivity index (χ0n) is 8.61. The molecule has 0 aliphatic carbocycles. The lowest BCUT2D eigenvalue weighted by molar-refractivity contribution is 0.188. The Kier molecular flexibility index (Phi) is 4.18. The second-order valence-electron chi connectivity index (χ2n) is 3.80. The number of halogens is 1. The molecule has 0 amide bonds. The largest absolute Gasteiger partial charge is 0.305 e. The topological polar surface area (TPSA) is 40.6 Å². The standard InChI is InChI=1S/C8H17ClN2O2S/c1-10-5-3-4-8(6-10)11(2)14(12,13)7-9/h8H,3-7H2,1-2H3. The summed E-state index contributed by atoms with van der Waals surface area (Å²) < 4.78 is 24.4. The van der Waals surface area contributed by atoms with Gasteiger partial charge in [0.05, 0.1) is 0 Å². The number of nitrogens with zero attached hydrogens (tertiary/aromatic N) is 2. The van der Waals surface area contributed by atoms with E-state index < -0.39 is 10.0 Å². The van der Waals surface area contributed by atoms with E-state index in [4.69, 9.17) is 11.6 Å². The van der Waals surface area contributed by atoms with Crippen molar-refractivity contribution in [2.45, 2.75) is 18.9 Å². The van der Waals surface area contributed by atoms with Gasteiger partial charge >= 0.3 is 0 Å². The molecule has 0 aromatic carbocycles. The molecule has 0 aromatic rings. The van der Waals surface area contributed by atoms with E-state index in [0.29, 0.717) is 0 Å². The average molecular weight is 241 g/mol. The fourth-order valence-corrected chi connectivity index (χ4v) is 2.98. The van der Waals surface area contributed by atoms with Crippen molar-refractivity contribution in [1.82, 2.24) is 9.21 Å². The van der Waals surface area contributed by atoms with E-state index in [9.17, 15) is 8.42 Å². The summed E-state index contributed by atoms with van der Waals surface area (Å²) in [6, 6.07) is 0.0810. The Morgan fingerprint density at radius 1 is 1.57 bits per heavy atom. The van der Waals surface area contributed by atoms with Gasteiger partial charge in [0.1, 0.15) is 5.21 Å². The predicted molar refractivity (Wildman–Crippen MR) is 57.9 cm³/mol. The molecule has 84 valence electrons. The average Bonchev–Trinajstić information content (AvgIpc) is 2.16. The van der Waals surface area contributed by atoms with Crippen LogP contribution in [0.15, 0.2) is 0 Å². The van der Waals surface area contributed by atoms with Crippen LogP contribution in [0.4, 0.5) is 0 Å². The third-order valence-corrected chi connectivity index (χ3v) is 4.97. The summed E-state index contributed by atoms with van der Waals surface area (Å²) in [5, 5.41) is -0.330. The molecule has 1 aliphatic heterocycles. The van der Waals surface area contributed by atoms with Crippen LogP contribution in [-0.4, -0.2) is 56.1 Å². The number of sulfonamides is 1. The zero-order chi connectivity index (χ0) is 10.8. The molecule has 14 heavy (non-hydrogen) atoms. The van der Waals surface area contributed by atoms with Gasteiger partial charge in [0.25, 0.3) is 0 Å². The van der Waals surface area contributed by atoms with Crippen molar-refractivity contribution in [3.05, 3.63) is 0 Å². The third kappa shape index (κ3) is 2.82. The van der Waals surface area contributed by atoms with Crippen LogP contribution in [0.2, 0.25) is 0 Å². The van der Waals surface area contributed by atoms with Crippen molar-refractivity contribution in [3.63, 3.8) is 0 Å². The Bertz CT molecular complexity index is 281. The number of rotatable bonds is 3. The van der Waals surface area contributed by atoms with Gasteiger partial charge < -0.3 is 4.90 Å². The normalized spacial score (nSPS) is 25.6. The molecule has 0 aromatic heterocycles. The summed E-state index contributed by atoms with van der Waals surface area (Å²) in [5.74, 6) is 0. The molecular weight excluding hydrogens is 224 g/mol. The minimum atomic E-state index is -3.25. The van der Waals surface area contributed by atoms with Gasteiger partial charge in [-0.3, -0.25) is 0 Å². The van der Waals surface area contributed by atoms with E-state index >= 15 is 0 Å². The number of piperidine rings is 1. The van der Waals surface area contributed by atoms with Crippen LogP contribution in [0.1, 0.15) is 12.8 Å². The maximum absolute atomic E-state index is 11.5. The van der Waals surface area contributed by atoms with Gasteiger partial charge in [0, 0.05) is 19.6 Å². The summed E-state index contributed by atoms with van der Waals surface area (Å²) in [6.07, 6.45) is 1.97. The van der Waals surface area contributed by atoms with Crippen LogP contribution in [0, 0.1) is 0 Å². The molecule has 1 unspecified atom stereocenters. The molecule has 1 fully saturated rings. The summed E-state index contributed by atoms with van der Waals surface area (Å²) in [6.45, 7) is 1.85. The molecule has 1 heterocycles. The minimum absolute atomic E-state index is 0.0810. The molecule has 0 radical (unpaired) electrons. The third-order valence-electron chi connectivity index (χ3n) is 2.69. The molecule has 0 bridgehead atoms. The Balaban J connectivity index is 2.64. The van der Waals surface area contributed by atoms with E-state index in [2.05, 4.69) is 4.90 Å². The van der Waals surface area contributed by atoms with Gasteiger partial charge in [-0.25, -0.2) is 8.42 Å². The number of alkyl halides is 1. The molecule has 1 rings (SSSR count). The smallest absolute Gasteiger partial charge is 0.228 e. The first kappa shape index (κ1) is 12.2. The monoisotopic (exact) mass is 240 g/mol. The van der Waals surface area contributed by atoms with Gasteiger partial charge in [0.2, 0.25) is 10.0 Å². The summed E-state index contributed by atoms with van der Waals surface area (Å²) in [5.41, 5.74) is 0. The summed E-state index contributed by atoms with van der Waals surface area (Å²) in [7, 11) is 0.371. The van der Waals surface area contributed by atoms with Crippen LogP contribution in [0.3, 0.4) is 0 Å². The number of likely N-dealkylation sites (N-methyl/N-ethyl adjacent to an activating group) is 2. The Labute approximate surface area is 90.9 Å². The first-order chi connectivity index (χ1) is 6.47. The van der Waals surface area contributed by atoms with Crippen LogP contribution in [-0.2, 0) is 10.0 Å². The highest BCUT2D eigenvalue weighted by Gasteiger charge is 2.28. The number of hydrogen-bond acceptors (Lipinski definition) is 3. The second-order valence-corrected chi connectivity index (χ2v) is 6.41. The van der Waals surface area contributed by atoms with Crippen molar-refractivity contribution in [2.24, 2.45) is 0 Å². The van der Waals surface area contributed by atoms with Crippen molar-refractivity contribution >= 4 is 21.6 Å². The van der Waals surface area contributed by atoms with Gasteiger partial charge in [-0.2, -0.15) is 4.31 Å². The van der Waals surface area contributed by atoms with E-state index in [0.717, 1.165) is 25.9 Å². The lowest BCUT2D eigenvalue weighted by Gasteiger charge is -2.34. The van der Waals surface area contributed by atoms with Crippen LogP contribution < -0.4 is 0 Å². The predicted octanol–water partition coefficient (Wildman–Crippen LogP) is 0.538. The second kappa shape index (κ2) is 4.79. The fourth-order valence-electron chi connectivity index (χ4n) is 1.74. The molecule has 4 nitrogen and oxygen atoms in total. The van der Waals surface area contributed by atoms with Crippen LogP contribution >= 0.6 is 11.6 Å². The molecule has 0 spiro atoms. The van der Waals surface area contributed by atoms with Gasteiger partial charge in [-0.05, 0) is 26.4 Å². The lowest BCUT2D eigenvalue weighted by Crippen LogP contribution is -2.47. The van der Waals surface area contributed by atoms with E-state index in [1.807, 2.05) is 7.05 Å².